The molecular formula is C16H24N2O3. The Hall–Kier alpha value is -1.30. The summed E-state index contributed by atoms with van der Waals surface area (Å²) in [4.78, 5) is 2.30. The van der Waals surface area contributed by atoms with Crippen molar-refractivity contribution in [2.45, 2.75) is 25.5 Å². The minimum atomic E-state index is -0.0353. The van der Waals surface area contributed by atoms with Crippen LogP contribution in [0.3, 0.4) is 0 Å². The van der Waals surface area contributed by atoms with Gasteiger partial charge in [0.2, 0.25) is 0 Å². The van der Waals surface area contributed by atoms with Gasteiger partial charge in [-0.15, -0.1) is 0 Å². The molecule has 2 aliphatic heterocycles. The maximum atomic E-state index is 9.89. The van der Waals surface area contributed by atoms with Crippen molar-refractivity contribution < 1.29 is 14.6 Å². The maximum Gasteiger partial charge on any atom is 0.124 e. The van der Waals surface area contributed by atoms with Gasteiger partial charge in [-0.05, 0) is 19.1 Å². The molecule has 1 aromatic rings. The molecule has 0 saturated carbocycles. The number of aliphatic hydroxyl groups excluding tert-OH is 1. The molecule has 21 heavy (non-hydrogen) atoms. The van der Waals surface area contributed by atoms with Crippen molar-refractivity contribution in [1.82, 2.24) is 10.2 Å². The Kier molecular flexibility index (Phi) is 4.33. The van der Waals surface area contributed by atoms with Crippen LogP contribution in [0.15, 0.2) is 12.1 Å². The third kappa shape index (κ3) is 2.86. The Labute approximate surface area is 125 Å². The highest BCUT2D eigenvalue weighted by Crippen LogP contribution is 2.39. The number of hydrogen-bond donors (Lipinski definition) is 2. The van der Waals surface area contributed by atoms with Crippen LogP contribution >= 0.6 is 0 Å². The Morgan fingerprint density at radius 1 is 1.43 bits per heavy atom. The molecule has 1 aromatic carbocycles. The Balaban J connectivity index is 1.93. The van der Waals surface area contributed by atoms with E-state index in [4.69, 9.17) is 9.47 Å². The fourth-order valence-electron chi connectivity index (χ4n) is 3.30. The number of methoxy groups -OCH3 is 1. The van der Waals surface area contributed by atoms with Crippen LogP contribution in [0.5, 0.6) is 11.5 Å². The van der Waals surface area contributed by atoms with Crippen molar-refractivity contribution in [2.24, 2.45) is 0 Å². The Bertz CT molecular complexity index is 501. The zero-order valence-electron chi connectivity index (χ0n) is 12.8. The smallest absolute Gasteiger partial charge is 0.124 e. The number of fused-ring (bicyclic) bond motifs is 1. The van der Waals surface area contributed by atoms with Gasteiger partial charge >= 0.3 is 0 Å². The second kappa shape index (κ2) is 6.22. The fraction of sp³-hybridized carbons (Fsp3) is 0.625. The van der Waals surface area contributed by atoms with Gasteiger partial charge in [-0.2, -0.15) is 0 Å². The van der Waals surface area contributed by atoms with Gasteiger partial charge in [0.1, 0.15) is 17.6 Å². The molecule has 0 aromatic heterocycles. The van der Waals surface area contributed by atoms with Crippen molar-refractivity contribution in [3.05, 3.63) is 23.3 Å². The fourth-order valence-corrected chi connectivity index (χ4v) is 3.30. The molecule has 1 saturated heterocycles. The summed E-state index contributed by atoms with van der Waals surface area (Å²) in [7, 11) is 1.69. The highest BCUT2D eigenvalue weighted by atomic mass is 16.5. The molecule has 0 aliphatic carbocycles. The first-order valence-electron chi connectivity index (χ1n) is 7.66. The second-order valence-corrected chi connectivity index (χ2v) is 5.82. The molecule has 2 heterocycles. The number of aliphatic hydroxyl groups is 1. The van der Waals surface area contributed by atoms with Gasteiger partial charge in [0, 0.05) is 43.7 Å². The summed E-state index contributed by atoms with van der Waals surface area (Å²) < 4.78 is 11.4. The van der Waals surface area contributed by atoms with Crippen molar-refractivity contribution in [3.8, 4) is 11.5 Å². The van der Waals surface area contributed by atoms with Gasteiger partial charge in [-0.25, -0.2) is 0 Å². The predicted molar refractivity (Wildman–Crippen MR) is 81.1 cm³/mol. The number of nitrogens with zero attached hydrogens (tertiary/aromatic N) is 1. The van der Waals surface area contributed by atoms with Crippen LogP contribution < -0.4 is 14.8 Å². The predicted octanol–water partition coefficient (Wildman–Crippen LogP) is 0.957. The Morgan fingerprint density at radius 3 is 2.86 bits per heavy atom. The first kappa shape index (κ1) is 14.6. The van der Waals surface area contributed by atoms with Gasteiger partial charge in [-0.3, -0.25) is 4.90 Å². The number of rotatable bonds is 4. The van der Waals surface area contributed by atoms with E-state index >= 15 is 0 Å². The van der Waals surface area contributed by atoms with Crippen LogP contribution in [-0.4, -0.2) is 56.0 Å². The summed E-state index contributed by atoms with van der Waals surface area (Å²) >= 11 is 0. The minimum Gasteiger partial charge on any atom is -0.496 e. The molecule has 3 rings (SSSR count). The van der Waals surface area contributed by atoms with Crippen LogP contribution in [-0.2, 0) is 6.42 Å². The summed E-state index contributed by atoms with van der Waals surface area (Å²) in [5, 5.41) is 13.2. The number of nitrogens with one attached hydrogen (secondary N) is 1. The van der Waals surface area contributed by atoms with E-state index in [0.29, 0.717) is 0 Å². The van der Waals surface area contributed by atoms with Gasteiger partial charge in [0.15, 0.2) is 0 Å². The third-order valence-electron chi connectivity index (χ3n) is 4.37. The van der Waals surface area contributed by atoms with Crippen LogP contribution in [0.1, 0.15) is 24.1 Å². The minimum absolute atomic E-state index is 0.0353. The summed E-state index contributed by atoms with van der Waals surface area (Å²) in [6, 6.07) is 4.09. The lowest BCUT2D eigenvalue weighted by Crippen LogP contribution is -2.46. The van der Waals surface area contributed by atoms with E-state index in [1.807, 2.05) is 0 Å². The zero-order valence-corrected chi connectivity index (χ0v) is 12.8. The average molecular weight is 292 g/mol. The highest BCUT2D eigenvalue weighted by molar-refractivity contribution is 5.50. The van der Waals surface area contributed by atoms with E-state index in [0.717, 1.165) is 49.7 Å². The topological polar surface area (TPSA) is 54.0 Å². The first-order chi connectivity index (χ1) is 10.2. The molecule has 0 spiro atoms. The zero-order chi connectivity index (χ0) is 14.8. The molecule has 0 amide bonds. The van der Waals surface area contributed by atoms with Crippen LogP contribution in [0.4, 0.5) is 0 Å². The van der Waals surface area contributed by atoms with Gasteiger partial charge in [-0.1, -0.05) is 0 Å². The van der Waals surface area contributed by atoms with E-state index < -0.39 is 0 Å². The molecule has 5 heteroatoms. The van der Waals surface area contributed by atoms with Gasteiger partial charge in [0.05, 0.1) is 19.8 Å². The summed E-state index contributed by atoms with van der Waals surface area (Å²) in [5.41, 5.74) is 2.22. The Morgan fingerprint density at radius 2 is 2.19 bits per heavy atom. The van der Waals surface area contributed by atoms with Crippen LogP contribution in [0.2, 0.25) is 0 Å². The molecule has 2 unspecified atom stereocenters. The normalized spacial score (nSPS) is 23.5. The molecule has 0 radical (unpaired) electrons. The largest absolute Gasteiger partial charge is 0.496 e. The lowest BCUT2D eigenvalue weighted by Gasteiger charge is -2.34. The van der Waals surface area contributed by atoms with E-state index in [1.165, 1.54) is 5.56 Å². The van der Waals surface area contributed by atoms with E-state index in [1.54, 1.807) is 7.11 Å². The SMILES string of the molecule is COc1cc2c(cc1C(CO)N1CCNCC1)OC(C)C2. The summed E-state index contributed by atoms with van der Waals surface area (Å²) in [6.07, 6.45) is 1.13. The number of benzene rings is 1. The second-order valence-electron chi connectivity index (χ2n) is 5.82. The quantitative estimate of drug-likeness (QED) is 0.865. The van der Waals surface area contributed by atoms with Crippen LogP contribution in [0.25, 0.3) is 0 Å². The number of ether oxygens (including phenoxy) is 2. The molecule has 2 atom stereocenters. The van der Waals surface area contributed by atoms with Crippen molar-refractivity contribution in [2.75, 3.05) is 39.9 Å². The lowest BCUT2D eigenvalue weighted by molar-refractivity contribution is 0.108. The molecular weight excluding hydrogens is 268 g/mol. The molecule has 2 N–H and O–H groups in total. The monoisotopic (exact) mass is 292 g/mol. The number of hydrogen-bond acceptors (Lipinski definition) is 5. The van der Waals surface area contributed by atoms with E-state index in [2.05, 4.69) is 29.3 Å². The molecule has 2 aliphatic rings. The maximum absolute atomic E-state index is 9.89. The van der Waals surface area contributed by atoms with Gasteiger partial charge < -0.3 is 19.9 Å². The first-order valence-corrected chi connectivity index (χ1v) is 7.66. The highest BCUT2D eigenvalue weighted by Gasteiger charge is 2.28. The van der Waals surface area contributed by atoms with Crippen LogP contribution in [0, 0.1) is 0 Å². The van der Waals surface area contributed by atoms with Crippen molar-refractivity contribution in [1.29, 1.82) is 0 Å². The lowest BCUT2D eigenvalue weighted by atomic mass is 10.00. The van der Waals surface area contributed by atoms with E-state index in [9.17, 15) is 5.11 Å². The molecule has 0 bridgehead atoms. The third-order valence-corrected chi connectivity index (χ3v) is 4.37. The van der Waals surface area contributed by atoms with Crippen molar-refractivity contribution in [3.63, 3.8) is 0 Å². The molecule has 1 fully saturated rings. The summed E-state index contributed by atoms with van der Waals surface area (Å²) in [6.45, 7) is 5.94. The summed E-state index contributed by atoms with van der Waals surface area (Å²) in [5.74, 6) is 1.79. The molecule has 116 valence electrons. The number of piperazine rings is 1. The van der Waals surface area contributed by atoms with Crippen molar-refractivity contribution >= 4 is 0 Å². The standard InChI is InChI=1S/C16H24N2O3/c1-11-7-12-8-16(20-2)13(9-15(12)21-11)14(10-19)18-5-3-17-4-6-18/h8-9,11,14,17,19H,3-7,10H2,1-2H3. The molecule has 5 nitrogen and oxygen atoms in total. The average Bonchev–Trinajstić information content (AvgIpc) is 2.87. The van der Waals surface area contributed by atoms with E-state index in [-0.39, 0.29) is 18.8 Å². The van der Waals surface area contributed by atoms with Gasteiger partial charge in [0.25, 0.3) is 0 Å².